The average molecular weight is 456 g/mol. The number of ether oxygens (including phenoxy) is 1. The van der Waals surface area contributed by atoms with Gasteiger partial charge in [0.05, 0.1) is 31.7 Å². The molecule has 9 nitrogen and oxygen atoms in total. The first-order chi connectivity index (χ1) is 14.3. The molecule has 1 aliphatic rings. The number of fused-ring (bicyclic) bond motifs is 1. The molecule has 3 heterocycles. The second-order valence-corrected chi connectivity index (χ2v) is 9.35. The zero-order valence-corrected chi connectivity index (χ0v) is 17.7. The maximum absolute atomic E-state index is 13.7. The van der Waals surface area contributed by atoms with E-state index in [2.05, 4.69) is 15.0 Å². The van der Waals surface area contributed by atoms with Crippen LogP contribution in [0.2, 0.25) is 5.02 Å². The van der Waals surface area contributed by atoms with Crippen molar-refractivity contribution in [2.24, 2.45) is 0 Å². The zero-order valence-electron chi connectivity index (χ0n) is 16.1. The molecule has 3 atom stereocenters. The van der Waals surface area contributed by atoms with Gasteiger partial charge in [0, 0.05) is 11.4 Å². The molecule has 0 spiro atoms. The second kappa shape index (κ2) is 8.56. The minimum atomic E-state index is -3.52. The zero-order chi connectivity index (χ0) is 21.3. The number of hydrogen-bond donors (Lipinski definition) is 1. The molecule has 1 fully saturated rings. The summed E-state index contributed by atoms with van der Waals surface area (Å²) in [5, 5.41) is 0.247. The SMILES string of the molecule is CC(Cn1cnc2c(N)ncnc21)OC[P@]1(=O)OCC[C@@H](c2cc(F)cc(Cl)c2)O1. The fourth-order valence-electron chi connectivity index (χ4n) is 3.21. The number of rotatable bonds is 6. The summed E-state index contributed by atoms with van der Waals surface area (Å²) in [5.74, 6) is -0.187. The molecule has 30 heavy (non-hydrogen) atoms. The third kappa shape index (κ3) is 4.63. The minimum absolute atomic E-state index is 0.205. The van der Waals surface area contributed by atoms with E-state index in [0.29, 0.717) is 35.5 Å². The van der Waals surface area contributed by atoms with Crippen LogP contribution in [0.4, 0.5) is 10.2 Å². The van der Waals surface area contributed by atoms with Gasteiger partial charge in [0.15, 0.2) is 11.5 Å². The van der Waals surface area contributed by atoms with Gasteiger partial charge in [0.2, 0.25) is 0 Å². The predicted octanol–water partition coefficient (Wildman–Crippen LogP) is 3.93. The molecule has 1 saturated heterocycles. The van der Waals surface area contributed by atoms with Crippen molar-refractivity contribution >= 4 is 36.2 Å². The van der Waals surface area contributed by atoms with Crippen molar-refractivity contribution in [1.82, 2.24) is 19.5 Å². The molecule has 160 valence electrons. The summed E-state index contributed by atoms with van der Waals surface area (Å²) in [5.41, 5.74) is 7.40. The standard InChI is InChI=1S/C18H20ClFN5O4P/c1-11(7-25-9-24-16-17(21)22-8-23-18(16)25)27-10-30(26)28-3-2-15(29-30)12-4-13(19)6-14(20)5-12/h4-6,8-9,11,15H,2-3,7,10H2,1H3,(H2,21,22,23)/t11?,15-,30-/m0/s1. The molecular weight excluding hydrogens is 436 g/mol. The summed E-state index contributed by atoms with van der Waals surface area (Å²) in [6, 6.07) is 4.10. The third-order valence-corrected chi connectivity index (χ3v) is 6.45. The van der Waals surface area contributed by atoms with Gasteiger partial charge >= 0.3 is 7.60 Å². The lowest BCUT2D eigenvalue weighted by Gasteiger charge is -2.30. The van der Waals surface area contributed by atoms with Crippen LogP contribution in [0.1, 0.15) is 25.0 Å². The topological polar surface area (TPSA) is 114 Å². The Morgan fingerprint density at radius 3 is 3.03 bits per heavy atom. The van der Waals surface area contributed by atoms with Gasteiger partial charge in [-0.3, -0.25) is 9.09 Å². The van der Waals surface area contributed by atoms with E-state index in [0.717, 1.165) is 0 Å². The van der Waals surface area contributed by atoms with Gasteiger partial charge in [-0.25, -0.2) is 19.3 Å². The first-order valence-electron chi connectivity index (χ1n) is 9.24. The first kappa shape index (κ1) is 21.1. The lowest BCUT2D eigenvalue weighted by molar-refractivity contribution is 0.0339. The number of nitrogens with two attached hydrogens (primary N) is 1. The molecule has 0 radical (unpaired) electrons. The Morgan fingerprint density at radius 1 is 1.40 bits per heavy atom. The van der Waals surface area contributed by atoms with Crippen LogP contribution in [-0.4, -0.2) is 38.6 Å². The van der Waals surface area contributed by atoms with Crippen LogP contribution in [0, 0.1) is 5.82 Å². The van der Waals surface area contributed by atoms with Gasteiger partial charge < -0.3 is 19.6 Å². The van der Waals surface area contributed by atoms with E-state index in [1.165, 1.54) is 18.5 Å². The fraction of sp³-hybridized carbons (Fsp3) is 0.389. The normalized spacial score (nSPS) is 23.0. The molecular formula is C18H20ClFN5O4P. The summed E-state index contributed by atoms with van der Waals surface area (Å²) < 4.78 is 45.2. The highest BCUT2D eigenvalue weighted by Crippen LogP contribution is 2.56. The van der Waals surface area contributed by atoms with E-state index in [4.69, 9.17) is 31.1 Å². The molecule has 3 aromatic rings. The largest absolute Gasteiger partial charge is 0.382 e. The number of anilines is 1. The third-order valence-electron chi connectivity index (χ3n) is 4.61. The van der Waals surface area contributed by atoms with Crippen molar-refractivity contribution < 1.29 is 22.7 Å². The van der Waals surface area contributed by atoms with Crippen molar-refractivity contribution in [2.45, 2.75) is 32.1 Å². The molecule has 2 N–H and O–H groups in total. The van der Waals surface area contributed by atoms with Crippen molar-refractivity contribution in [3.05, 3.63) is 47.3 Å². The highest BCUT2D eigenvalue weighted by molar-refractivity contribution is 7.53. The molecule has 0 bridgehead atoms. The Bertz CT molecular complexity index is 1090. The van der Waals surface area contributed by atoms with Gasteiger partial charge in [-0.1, -0.05) is 11.6 Å². The van der Waals surface area contributed by atoms with E-state index < -0.39 is 19.5 Å². The van der Waals surface area contributed by atoms with Gasteiger partial charge in [0.25, 0.3) is 0 Å². The Labute approximate surface area is 176 Å². The van der Waals surface area contributed by atoms with Crippen LogP contribution >= 0.6 is 19.2 Å². The van der Waals surface area contributed by atoms with E-state index >= 15 is 0 Å². The Balaban J connectivity index is 1.39. The van der Waals surface area contributed by atoms with Crippen LogP contribution in [0.25, 0.3) is 11.2 Å². The van der Waals surface area contributed by atoms with E-state index in [1.54, 1.807) is 17.0 Å². The van der Waals surface area contributed by atoms with Crippen LogP contribution in [0.15, 0.2) is 30.9 Å². The molecule has 1 aromatic carbocycles. The monoisotopic (exact) mass is 455 g/mol. The number of hydrogen-bond acceptors (Lipinski definition) is 8. The highest BCUT2D eigenvalue weighted by Gasteiger charge is 2.35. The second-order valence-electron chi connectivity index (χ2n) is 6.96. The number of nitrogens with zero attached hydrogens (tertiary/aromatic N) is 4. The molecule has 1 unspecified atom stereocenters. The molecule has 12 heteroatoms. The fourth-order valence-corrected chi connectivity index (χ4v) is 5.07. The van der Waals surface area contributed by atoms with Crippen molar-refractivity contribution in [3.63, 3.8) is 0 Å². The summed E-state index contributed by atoms with van der Waals surface area (Å²) in [6.45, 7) is 2.42. The molecule has 0 amide bonds. The summed E-state index contributed by atoms with van der Waals surface area (Å²) >= 11 is 5.92. The summed E-state index contributed by atoms with van der Waals surface area (Å²) in [4.78, 5) is 12.3. The van der Waals surface area contributed by atoms with E-state index in [9.17, 15) is 8.96 Å². The number of benzene rings is 1. The molecule has 2 aromatic heterocycles. The average Bonchev–Trinajstić information content (AvgIpc) is 3.10. The number of imidazole rings is 1. The Kier molecular flexibility index (Phi) is 6.04. The first-order valence-corrected chi connectivity index (χ1v) is 11.3. The van der Waals surface area contributed by atoms with Gasteiger partial charge in [0.1, 0.15) is 24.0 Å². The van der Waals surface area contributed by atoms with Crippen LogP contribution in [0.5, 0.6) is 0 Å². The smallest absolute Gasteiger partial charge is 0.356 e. The number of halogens is 2. The maximum Gasteiger partial charge on any atom is 0.356 e. The Hall–Kier alpha value is -2.10. The Morgan fingerprint density at radius 2 is 2.23 bits per heavy atom. The van der Waals surface area contributed by atoms with Crippen LogP contribution in [-0.2, 0) is 24.9 Å². The lowest BCUT2D eigenvalue weighted by Crippen LogP contribution is -2.21. The lowest BCUT2D eigenvalue weighted by atomic mass is 10.1. The van der Waals surface area contributed by atoms with Crippen LogP contribution < -0.4 is 5.73 Å². The molecule has 0 saturated carbocycles. The molecule has 0 aliphatic carbocycles. The summed E-state index contributed by atoms with van der Waals surface area (Å²) in [7, 11) is -3.52. The number of nitrogen functional groups attached to an aromatic ring is 1. The maximum atomic E-state index is 13.7. The number of aromatic nitrogens is 4. The molecule has 1 aliphatic heterocycles. The predicted molar refractivity (Wildman–Crippen MR) is 109 cm³/mol. The minimum Gasteiger partial charge on any atom is -0.382 e. The van der Waals surface area contributed by atoms with Gasteiger partial charge in [-0.15, -0.1) is 0 Å². The van der Waals surface area contributed by atoms with Crippen LogP contribution in [0.3, 0.4) is 0 Å². The van der Waals surface area contributed by atoms with Gasteiger partial charge in [-0.05, 0) is 30.7 Å². The van der Waals surface area contributed by atoms with Gasteiger partial charge in [-0.2, -0.15) is 0 Å². The highest BCUT2D eigenvalue weighted by atomic mass is 35.5. The van der Waals surface area contributed by atoms with Crippen molar-refractivity contribution in [1.29, 1.82) is 0 Å². The summed E-state index contributed by atoms with van der Waals surface area (Å²) in [6.07, 6.45) is 2.21. The van der Waals surface area contributed by atoms with Crippen molar-refractivity contribution in [3.8, 4) is 0 Å². The van der Waals surface area contributed by atoms with E-state index in [-0.39, 0.29) is 24.1 Å². The van der Waals surface area contributed by atoms with E-state index in [1.807, 2.05) is 6.92 Å². The quantitative estimate of drug-likeness (QED) is 0.556. The molecule has 4 rings (SSSR count). The van der Waals surface area contributed by atoms with Crippen molar-refractivity contribution in [2.75, 3.05) is 18.7 Å².